The molecule has 4 aliphatic heterocycles. The minimum absolute atomic E-state index is 0. The van der Waals surface area contributed by atoms with Crippen LogP contribution in [-0.2, 0) is 0 Å². The second-order valence-corrected chi connectivity index (χ2v) is 8.67. The van der Waals surface area contributed by atoms with Crippen molar-refractivity contribution in [3.05, 3.63) is 22.7 Å². The van der Waals surface area contributed by atoms with Gasteiger partial charge in [0.2, 0.25) is 0 Å². The fourth-order valence-electron chi connectivity index (χ4n) is 4.48. The summed E-state index contributed by atoms with van der Waals surface area (Å²) in [5.74, 6) is 1.15. The van der Waals surface area contributed by atoms with Crippen LogP contribution >= 0.6 is 24.0 Å². The zero-order chi connectivity index (χ0) is 17.8. The van der Waals surface area contributed by atoms with Gasteiger partial charge in [0.1, 0.15) is 5.60 Å². The van der Waals surface area contributed by atoms with Crippen molar-refractivity contribution < 1.29 is 9.53 Å². The predicted octanol–water partition coefficient (Wildman–Crippen LogP) is 3.19. The van der Waals surface area contributed by atoms with Crippen molar-refractivity contribution in [2.24, 2.45) is 5.92 Å². The van der Waals surface area contributed by atoms with Crippen LogP contribution in [0.2, 0.25) is 5.02 Å². The molecule has 1 amide bonds. The number of hydrogen-bond acceptors (Lipinski definition) is 4. The number of ether oxygens (including phenoxy) is 1. The minimum atomic E-state index is -0.347. The number of nitrogens with zero attached hydrogens (tertiary/aromatic N) is 2. The van der Waals surface area contributed by atoms with Gasteiger partial charge in [-0.2, -0.15) is 0 Å². The summed E-state index contributed by atoms with van der Waals surface area (Å²) in [6, 6.07) is 3.82. The van der Waals surface area contributed by atoms with Crippen LogP contribution < -0.4 is 15.0 Å². The van der Waals surface area contributed by atoms with Crippen LogP contribution in [0.3, 0.4) is 0 Å². The molecule has 3 fully saturated rings. The van der Waals surface area contributed by atoms with Gasteiger partial charge >= 0.3 is 0 Å². The first-order valence-corrected chi connectivity index (χ1v) is 9.47. The lowest BCUT2D eigenvalue weighted by Gasteiger charge is -2.45. The van der Waals surface area contributed by atoms with Crippen molar-refractivity contribution in [3.63, 3.8) is 0 Å². The maximum atomic E-state index is 13.0. The molecule has 1 atom stereocenters. The average Bonchev–Trinajstić information content (AvgIpc) is 2.55. The third kappa shape index (κ3) is 3.62. The van der Waals surface area contributed by atoms with Gasteiger partial charge in [0.25, 0.3) is 5.91 Å². The molecule has 4 heterocycles. The van der Waals surface area contributed by atoms with Gasteiger partial charge in [0.15, 0.2) is 5.75 Å². The largest absolute Gasteiger partial charge is 0.483 e. The Morgan fingerprint density at radius 3 is 2.62 bits per heavy atom. The first-order chi connectivity index (χ1) is 11.8. The third-order valence-corrected chi connectivity index (χ3v) is 5.88. The van der Waals surface area contributed by atoms with Crippen molar-refractivity contribution in [2.75, 3.05) is 38.1 Å². The lowest BCUT2D eigenvalue weighted by atomic mass is 9.84. The van der Waals surface area contributed by atoms with Crippen molar-refractivity contribution in [2.45, 2.75) is 38.3 Å². The van der Waals surface area contributed by atoms with Gasteiger partial charge in [0.05, 0.1) is 17.8 Å². The first kappa shape index (κ1) is 19.6. The fourth-order valence-corrected chi connectivity index (χ4v) is 4.69. The summed E-state index contributed by atoms with van der Waals surface area (Å²) in [5, 5.41) is 3.81. The summed E-state index contributed by atoms with van der Waals surface area (Å²) in [5.41, 5.74) is 1.07. The van der Waals surface area contributed by atoms with Crippen molar-refractivity contribution >= 4 is 35.6 Å². The van der Waals surface area contributed by atoms with Crippen LogP contribution in [0.5, 0.6) is 5.75 Å². The molecule has 144 valence electrons. The SMILES string of the molecule is CN1CC(C)(C)Oc2c(C(=O)NC3CN4CCC3CC4)cc(Cl)cc21.Cl. The van der Waals surface area contributed by atoms with E-state index in [9.17, 15) is 4.79 Å². The van der Waals surface area contributed by atoms with Crippen LogP contribution in [0, 0.1) is 5.92 Å². The van der Waals surface area contributed by atoms with Crippen LogP contribution in [0.15, 0.2) is 12.1 Å². The van der Waals surface area contributed by atoms with Crippen LogP contribution in [0.25, 0.3) is 0 Å². The van der Waals surface area contributed by atoms with E-state index in [0.29, 0.717) is 22.3 Å². The number of likely N-dealkylation sites (N-methyl/N-ethyl adjacent to an activating group) is 1. The van der Waals surface area contributed by atoms with Gasteiger partial charge < -0.3 is 19.9 Å². The molecule has 0 radical (unpaired) electrons. The highest BCUT2D eigenvalue weighted by Gasteiger charge is 2.37. The van der Waals surface area contributed by atoms with E-state index < -0.39 is 0 Å². The number of amides is 1. The zero-order valence-electron chi connectivity index (χ0n) is 15.5. The Morgan fingerprint density at radius 2 is 2.00 bits per heavy atom. The number of halogens is 2. The molecule has 1 aromatic rings. The van der Waals surface area contributed by atoms with E-state index in [1.807, 2.05) is 27.0 Å². The predicted molar refractivity (Wildman–Crippen MR) is 107 cm³/mol. The normalized spacial score (nSPS) is 28.6. The summed E-state index contributed by atoms with van der Waals surface area (Å²) >= 11 is 6.30. The number of fused-ring (bicyclic) bond motifs is 4. The van der Waals surface area contributed by atoms with E-state index in [1.165, 1.54) is 12.8 Å². The molecule has 1 unspecified atom stereocenters. The molecule has 5 nitrogen and oxygen atoms in total. The van der Waals surface area contributed by atoms with E-state index in [-0.39, 0.29) is 30.0 Å². The van der Waals surface area contributed by atoms with E-state index in [2.05, 4.69) is 15.1 Å². The highest BCUT2D eigenvalue weighted by Crippen LogP contribution is 2.41. The molecule has 0 aromatic heterocycles. The molecule has 26 heavy (non-hydrogen) atoms. The molecular formula is C19H27Cl2N3O2. The molecule has 3 saturated heterocycles. The molecule has 0 saturated carbocycles. The number of benzene rings is 1. The molecule has 0 spiro atoms. The summed E-state index contributed by atoms with van der Waals surface area (Å²) < 4.78 is 6.18. The van der Waals surface area contributed by atoms with E-state index in [4.69, 9.17) is 16.3 Å². The smallest absolute Gasteiger partial charge is 0.255 e. The molecule has 1 aromatic carbocycles. The lowest BCUT2D eigenvalue weighted by molar-refractivity contribution is 0.0611. The summed E-state index contributed by atoms with van der Waals surface area (Å²) in [4.78, 5) is 17.6. The molecule has 7 heteroatoms. The molecule has 2 bridgehead atoms. The minimum Gasteiger partial charge on any atom is -0.483 e. The monoisotopic (exact) mass is 399 g/mol. The standard InChI is InChI=1S/C19H26ClN3O2.ClH/c1-19(2)11-22(3)16-9-13(20)8-14(17(16)25-19)18(24)21-15-10-23-6-4-12(15)5-7-23;/h8-9,12,15H,4-7,10-11H2,1-3H3,(H,21,24);1H. The number of carbonyl (C=O) groups is 1. The van der Waals surface area contributed by atoms with Gasteiger partial charge in [0, 0.05) is 24.7 Å². The van der Waals surface area contributed by atoms with Gasteiger partial charge in [-0.05, 0) is 57.8 Å². The van der Waals surface area contributed by atoms with Gasteiger partial charge in [-0.1, -0.05) is 11.6 Å². The Labute approximate surface area is 166 Å². The number of anilines is 1. The maximum Gasteiger partial charge on any atom is 0.255 e. The number of nitrogens with one attached hydrogen (secondary N) is 1. The number of hydrogen-bond donors (Lipinski definition) is 1. The summed E-state index contributed by atoms with van der Waals surface area (Å²) in [6.45, 7) is 8.09. The Balaban J connectivity index is 0.00000196. The molecule has 0 aliphatic carbocycles. The van der Waals surface area contributed by atoms with Gasteiger partial charge in [-0.15, -0.1) is 12.4 Å². The number of carbonyl (C=O) groups excluding carboxylic acids is 1. The van der Waals surface area contributed by atoms with Crippen molar-refractivity contribution in [1.82, 2.24) is 10.2 Å². The van der Waals surface area contributed by atoms with Gasteiger partial charge in [-0.3, -0.25) is 4.79 Å². The van der Waals surface area contributed by atoms with Crippen molar-refractivity contribution in [3.8, 4) is 5.75 Å². The third-order valence-electron chi connectivity index (χ3n) is 5.66. The second kappa shape index (κ2) is 7.10. The second-order valence-electron chi connectivity index (χ2n) is 8.24. The van der Waals surface area contributed by atoms with E-state index in [1.54, 1.807) is 6.07 Å². The molecule has 5 rings (SSSR count). The van der Waals surface area contributed by atoms with Gasteiger partial charge in [-0.25, -0.2) is 0 Å². The molecular weight excluding hydrogens is 373 g/mol. The Morgan fingerprint density at radius 1 is 1.31 bits per heavy atom. The topological polar surface area (TPSA) is 44.8 Å². The van der Waals surface area contributed by atoms with E-state index >= 15 is 0 Å². The summed E-state index contributed by atoms with van der Waals surface area (Å²) in [7, 11) is 2.01. The summed E-state index contributed by atoms with van der Waals surface area (Å²) in [6.07, 6.45) is 2.34. The molecule has 4 aliphatic rings. The number of piperidine rings is 3. The quantitative estimate of drug-likeness (QED) is 0.828. The highest BCUT2D eigenvalue weighted by atomic mass is 35.5. The van der Waals surface area contributed by atoms with Crippen LogP contribution in [-0.4, -0.2) is 55.7 Å². The first-order valence-electron chi connectivity index (χ1n) is 9.09. The Kier molecular flexibility index (Phi) is 5.35. The Bertz CT molecular complexity index is 702. The lowest BCUT2D eigenvalue weighted by Crippen LogP contribution is -2.57. The average molecular weight is 400 g/mol. The van der Waals surface area contributed by atoms with Crippen LogP contribution in [0.4, 0.5) is 5.69 Å². The van der Waals surface area contributed by atoms with Crippen molar-refractivity contribution in [1.29, 1.82) is 0 Å². The number of rotatable bonds is 2. The Hall–Kier alpha value is -1.17. The van der Waals surface area contributed by atoms with E-state index in [0.717, 1.165) is 31.9 Å². The zero-order valence-corrected chi connectivity index (χ0v) is 17.1. The fraction of sp³-hybridized carbons (Fsp3) is 0.632. The maximum absolute atomic E-state index is 13.0. The van der Waals surface area contributed by atoms with Crippen LogP contribution in [0.1, 0.15) is 37.0 Å². The highest BCUT2D eigenvalue weighted by molar-refractivity contribution is 6.31. The molecule has 1 N–H and O–H groups in total.